The summed E-state index contributed by atoms with van der Waals surface area (Å²) in [6.45, 7) is 3.79. The van der Waals surface area contributed by atoms with E-state index in [1.165, 1.54) is 0 Å². The normalized spacial score (nSPS) is 10.1. The maximum atomic E-state index is 5.43. The first kappa shape index (κ1) is 11.9. The number of benzene rings is 1. The van der Waals surface area contributed by atoms with Crippen LogP contribution in [0.2, 0.25) is 0 Å². The zero-order valence-corrected chi connectivity index (χ0v) is 9.55. The van der Waals surface area contributed by atoms with Crippen LogP contribution in [-0.4, -0.2) is 20.2 Å². The van der Waals surface area contributed by atoms with E-state index in [1.54, 1.807) is 7.11 Å². The molecular weight excluding hydrogens is 188 g/mol. The van der Waals surface area contributed by atoms with Gasteiger partial charge in [0, 0.05) is 12.2 Å². The van der Waals surface area contributed by atoms with E-state index < -0.39 is 0 Å². The number of methoxy groups -OCH3 is 1. The minimum absolute atomic E-state index is 0.767. The summed E-state index contributed by atoms with van der Waals surface area (Å²) in [4.78, 5) is 0. The minimum Gasteiger partial charge on any atom is -0.496 e. The zero-order chi connectivity index (χ0) is 11.1. The highest BCUT2D eigenvalue weighted by Gasteiger charge is 1.98. The Morgan fingerprint density at radius 2 is 2.13 bits per heavy atom. The molecule has 0 heterocycles. The molecule has 0 aromatic heterocycles. The van der Waals surface area contributed by atoms with Crippen LogP contribution in [0.25, 0.3) is 0 Å². The van der Waals surface area contributed by atoms with E-state index in [0.717, 1.165) is 42.9 Å². The molecular formula is C12H20N2O. The maximum Gasteiger partial charge on any atom is 0.121 e. The van der Waals surface area contributed by atoms with E-state index in [4.69, 9.17) is 10.5 Å². The average molecular weight is 208 g/mol. The molecule has 1 rings (SSSR count). The fourth-order valence-corrected chi connectivity index (χ4v) is 1.49. The summed E-state index contributed by atoms with van der Waals surface area (Å²) in [6, 6.07) is 6.12. The van der Waals surface area contributed by atoms with Gasteiger partial charge >= 0.3 is 0 Å². The van der Waals surface area contributed by atoms with Crippen molar-refractivity contribution < 1.29 is 4.74 Å². The lowest BCUT2D eigenvalue weighted by Crippen LogP contribution is -2.05. The lowest BCUT2D eigenvalue weighted by Gasteiger charge is -2.09. The molecule has 0 fully saturated rings. The van der Waals surface area contributed by atoms with Crippen LogP contribution < -0.4 is 15.8 Å². The van der Waals surface area contributed by atoms with Crippen LogP contribution in [0, 0.1) is 6.92 Å². The van der Waals surface area contributed by atoms with Gasteiger partial charge in [-0.3, -0.25) is 0 Å². The minimum atomic E-state index is 0.767. The number of rotatable bonds is 6. The SMILES string of the molecule is COc1ccc(NCCCCN)cc1C. The number of anilines is 1. The van der Waals surface area contributed by atoms with E-state index in [1.807, 2.05) is 19.1 Å². The monoisotopic (exact) mass is 208 g/mol. The molecule has 0 spiro atoms. The molecule has 0 aliphatic rings. The molecule has 0 unspecified atom stereocenters. The lowest BCUT2D eigenvalue weighted by molar-refractivity contribution is 0.412. The molecule has 3 N–H and O–H groups in total. The van der Waals surface area contributed by atoms with Gasteiger partial charge in [0.15, 0.2) is 0 Å². The van der Waals surface area contributed by atoms with Gasteiger partial charge in [0.05, 0.1) is 7.11 Å². The second kappa shape index (κ2) is 6.30. The first-order valence-corrected chi connectivity index (χ1v) is 5.36. The number of unbranched alkanes of at least 4 members (excludes halogenated alkanes) is 1. The smallest absolute Gasteiger partial charge is 0.121 e. The van der Waals surface area contributed by atoms with Gasteiger partial charge in [0.2, 0.25) is 0 Å². The molecule has 0 saturated carbocycles. The van der Waals surface area contributed by atoms with E-state index in [9.17, 15) is 0 Å². The van der Waals surface area contributed by atoms with Crippen LogP contribution in [0.1, 0.15) is 18.4 Å². The van der Waals surface area contributed by atoms with E-state index in [0.29, 0.717) is 0 Å². The molecule has 0 atom stereocenters. The second-order valence-electron chi connectivity index (χ2n) is 3.61. The molecule has 0 radical (unpaired) electrons. The number of ether oxygens (including phenoxy) is 1. The van der Waals surface area contributed by atoms with Crippen LogP contribution in [-0.2, 0) is 0 Å². The highest BCUT2D eigenvalue weighted by Crippen LogP contribution is 2.21. The Morgan fingerprint density at radius 3 is 2.73 bits per heavy atom. The van der Waals surface area contributed by atoms with Crippen LogP contribution >= 0.6 is 0 Å². The van der Waals surface area contributed by atoms with Crippen LogP contribution in [0.5, 0.6) is 5.75 Å². The third-order valence-corrected chi connectivity index (χ3v) is 2.35. The fraction of sp³-hybridized carbons (Fsp3) is 0.500. The molecule has 84 valence electrons. The molecule has 3 nitrogen and oxygen atoms in total. The van der Waals surface area contributed by atoms with Gasteiger partial charge in [0.1, 0.15) is 5.75 Å². The highest BCUT2D eigenvalue weighted by atomic mass is 16.5. The molecule has 0 aliphatic heterocycles. The molecule has 1 aromatic carbocycles. The molecule has 3 heteroatoms. The Bertz CT molecular complexity index is 300. The second-order valence-corrected chi connectivity index (χ2v) is 3.61. The summed E-state index contributed by atoms with van der Waals surface area (Å²) in [7, 11) is 1.69. The number of nitrogens with two attached hydrogens (primary N) is 1. The Morgan fingerprint density at radius 1 is 1.33 bits per heavy atom. The van der Waals surface area contributed by atoms with Gasteiger partial charge in [-0.05, 0) is 50.1 Å². The van der Waals surface area contributed by atoms with Crippen LogP contribution in [0.15, 0.2) is 18.2 Å². The lowest BCUT2D eigenvalue weighted by atomic mass is 10.2. The van der Waals surface area contributed by atoms with E-state index in [2.05, 4.69) is 11.4 Å². The first-order chi connectivity index (χ1) is 7.27. The molecule has 1 aromatic rings. The summed E-state index contributed by atoms with van der Waals surface area (Å²) < 4.78 is 5.20. The number of nitrogens with one attached hydrogen (secondary N) is 1. The van der Waals surface area contributed by atoms with Crippen molar-refractivity contribution in [3.05, 3.63) is 23.8 Å². The molecule has 0 bridgehead atoms. The van der Waals surface area contributed by atoms with Crippen molar-refractivity contribution in [3.8, 4) is 5.75 Å². The van der Waals surface area contributed by atoms with E-state index >= 15 is 0 Å². The van der Waals surface area contributed by atoms with Crippen molar-refractivity contribution in [1.82, 2.24) is 0 Å². The Kier molecular flexibility index (Phi) is 4.98. The van der Waals surface area contributed by atoms with Crippen molar-refractivity contribution >= 4 is 5.69 Å². The number of hydrogen-bond donors (Lipinski definition) is 2. The van der Waals surface area contributed by atoms with Crippen molar-refractivity contribution in [3.63, 3.8) is 0 Å². The highest BCUT2D eigenvalue weighted by molar-refractivity contribution is 5.50. The van der Waals surface area contributed by atoms with Gasteiger partial charge in [-0.25, -0.2) is 0 Å². The van der Waals surface area contributed by atoms with Gasteiger partial charge < -0.3 is 15.8 Å². The molecule has 15 heavy (non-hydrogen) atoms. The number of aryl methyl sites for hydroxylation is 1. The zero-order valence-electron chi connectivity index (χ0n) is 9.55. The van der Waals surface area contributed by atoms with E-state index in [-0.39, 0.29) is 0 Å². The molecule has 0 saturated heterocycles. The van der Waals surface area contributed by atoms with Crippen molar-refractivity contribution in [1.29, 1.82) is 0 Å². The Balaban J connectivity index is 2.45. The van der Waals surface area contributed by atoms with Gasteiger partial charge in [-0.2, -0.15) is 0 Å². The third-order valence-electron chi connectivity index (χ3n) is 2.35. The third kappa shape index (κ3) is 3.80. The summed E-state index contributed by atoms with van der Waals surface area (Å²) in [5, 5.41) is 3.36. The summed E-state index contributed by atoms with van der Waals surface area (Å²) in [6.07, 6.45) is 2.18. The topological polar surface area (TPSA) is 47.3 Å². The Labute approximate surface area is 91.6 Å². The van der Waals surface area contributed by atoms with Gasteiger partial charge in [0.25, 0.3) is 0 Å². The quantitative estimate of drug-likeness (QED) is 0.704. The summed E-state index contributed by atoms with van der Waals surface area (Å²) in [5.74, 6) is 0.933. The van der Waals surface area contributed by atoms with Crippen molar-refractivity contribution in [2.75, 3.05) is 25.5 Å². The fourth-order valence-electron chi connectivity index (χ4n) is 1.49. The number of hydrogen-bond acceptors (Lipinski definition) is 3. The predicted molar refractivity (Wildman–Crippen MR) is 64.5 cm³/mol. The molecule has 0 aliphatic carbocycles. The Hall–Kier alpha value is -1.22. The van der Waals surface area contributed by atoms with Gasteiger partial charge in [-0.15, -0.1) is 0 Å². The van der Waals surface area contributed by atoms with Crippen LogP contribution in [0.3, 0.4) is 0 Å². The molecule has 0 amide bonds. The first-order valence-electron chi connectivity index (χ1n) is 5.36. The van der Waals surface area contributed by atoms with Crippen molar-refractivity contribution in [2.24, 2.45) is 5.73 Å². The standard InChI is InChI=1S/C12H20N2O/c1-10-9-11(5-6-12(10)15-2)14-8-4-3-7-13/h5-6,9,14H,3-4,7-8,13H2,1-2H3. The summed E-state index contributed by atoms with van der Waals surface area (Å²) >= 11 is 0. The largest absolute Gasteiger partial charge is 0.496 e. The maximum absolute atomic E-state index is 5.43. The van der Waals surface area contributed by atoms with Crippen LogP contribution in [0.4, 0.5) is 5.69 Å². The van der Waals surface area contributed by atoms with Crippen molar-refractivity contribution in [2.45, 2.75) is 19.8 Å². The summed E-state index contributed by atoms with van der Waals surface area (Å²) in [5.41, 5.74) is 7.72. The average Bonchev–Trinajstić information content (AvgIpc) is 2.25. The van der Waals surface area contributed by atoms with Gasteiger partial charge in [-0.1, -0.05) is 0 Å². The predicted octanol–water partition coefficient (Wildman–Crippen LogP) is 2.15.